The Kier molecular flexibility index (Phi) is 5.78. The summed E-state index contributed by atoms with van der Waals surface area (Å²) >= 11 is 5.55. The Morgan fingerprint density at radius 3 is 1.82 bits per heavy atom. The second-order valence-electron chi connectivity index (χ2n) is 6.72. The standard InChI is InChI=1S/C17H24N2S2Si/c1-14-5-7-15(8-6-14)18-16-9-11-17(12-10-16)19-21(20)13-22(2,3)4/h5-12,18-19H,13H2,1-4H3. The molecule has 1 atom stereocenters. The summed E-state index contributed by atoms with van der Waals surface area (Å²) in [7, 11) is -1.27. The highest BCUT2D eigenvalue weighted by molar-refractivity contribution is 8.30. The zero-order chi connectivity index (χ0) is 16.2. The van der Waals surface area contributed by atoms with Gasteiger partial charge in [-0.3, -0.25) is 0 Å². The predicted molar refractivity (Wildman–Crippen MR) is 107 cm³/mol. The first kappa shape index (κ1) is 17.2. The Hall–Kier alpha value is -1.17. The average Bonchev–Trinajstić information content (AvgIpc) is 2.41. The average molecular weight is 349 g/mol. The van der Waals surface area contributed by atoms with Crippen LogP contribution in [0.3, 0.4) is 0 Å². The minimum Gasteiger partial charge on any atom is -0.356 e. The van der Waals surface area contributed by atoms with Gasteiger partial charge in [0.15, 0.2) is 0 Å². The van der Waals surface area contributed by atoms with E-state index in [1.807, 2.05) is 0 Å². The number of hydrogen-bond acceptors (Lipinski definition) is 2. The number of anilines is 3. The molecule has 0 aliphatic carbocycles. The van der Waals surface area contributed by atoms with E-state index < -0.39 is 8.07 Å². The van der Waals surface area contributed by atoms with E-state index >= 15 is 0 Å². The van der Waals surface area contributed by atoms with Gasteiger partial charge in [-0.25, -0.2) is 0 Å². The van der Waals surface area contributed by atoms with Gasteiger partial charge in [0.1, 0.15) is 0 Å². The molecule has 5 heteroatoms. The van der Waals surface area contributed by atoms with Crippen LogP contribution in [0.4, 0.5) is 17.1 Å². The summed E-state index contributed by atoms with van der Waals surface area (Å²) in [6.07, 6.45) is 0. The zero-order valence-electron chi connectivity index (χ0n) is 13.6. The quantitative estimate of drug-likeness (QED) is 0.717. The largest absolute Gasteiger partial charge is 0.356 e. The van der Waals surface area contributed by atoms with Gasteiger partial charge >= 0.3 is 0 Å². The molecule has 0 saturated heterocycles. The smallest absolute Gasteiger partial charge is 0.0574 e. The summed E-state index contributed by atoms with van der Waals surface area (Å²) in [5, 5.41) is 4.54. The van der Waals surface area contributed by atoms with Gasteiger partial charge in [-0.1, -0.05) is 37.3 Å². The van der Waals surface area contributed by atoms with Crippen LogP contribution in [0.2, 0.25) is 19.6 Å². The van der Waals surface area contributed by atoms with Crippen LogP contribution in [-0.2, 0) is 20.8 Å². The molecule has 118 valence electrons. The highest BCUT2D eigenvalue weighted by Gasteiger charge is 2.14. The molecule has 0 radical (unpaired) electrons. The minimum absolute atomic E-state index is 0.163. The van der Waals surface area contributed by atoms with E-state index in [-0.39, 0.29) is 9.64 Å². The monoisotopic (exact) mass is 348 g/mol. The first-order valence-electron chi connectivity index (χ1n) is 7.41. The van der Waals surface area contributed by atoms with Crippen LogP contribution in [0.5, 0.6) is 0 Å². The maximum atomic E-state index is 5.55. The van der Waals surface area contributed by atoms with Gasteiger partial charge in [0.05, 0.1) is 8.07 Å². The van der Waals surface area contributed by atoms with Crippen LogP contribution in [0.25, 0.3) is 0 Å². The summed E-state index contributed by atoms with van der Waals surface area (Å²) in [5.74, 6) is 0. The lowest BCUT2D eigenvalue weighted by Gasteiger charge is -2.18. The summed E-state index contributed by atoms with van der Waals surface area (Å²) < 4.78 is 3.45. The third-order valence-corrected chi connectivity index (χ3v) is 9.31. The van der Waals surface area contributed by atoms with Gasteiger partial charge in [-0.15, -0.1) is 0 Å². The number of hydrogen-bond donors (Lipinski definition) is 2. The maximum Gasteiger partial charge on any atom is 0.0574 e. The van der Waals surface area contributed by atoms with Gasteiger partial charge in [-0.2, -0.15) is 0 Å². The zero-order valence-corrected chi connectivity index (χ0v) is 16.3. The molecule has 1 unspecified atom stereocenters. The molecule has 22 heavy (non-hydrogen) atoms. The van der Waals surface area contributed by atoms with Gasteiger partial charge in [0, 0.05) is 22.4 Å². The molecule has 0 spiro atoms. The van der Waals surface area contributed by atoms with Crippen molar-refractivity contribution in [1.82, 2.24) is 0 Å². The number of rotatable bonds is 6. The molecule has 0 bridgehead atoms. The van der Waals surface area contributed by atoms with Gasteiger partial charge < -0.3 is 10.0 Å². The van der Waals surface area contributed by atoms with Crippen molar-refractivity contribution in [3.63, 3.8) is 0 Å². The van der Waals surface area contributed by atoms with Crippen LogP contribution in [0, 0.1) is 6.92 Å². The summed E-state index contributed by atoms with van der Waals surface area (Å²) in [4.78, 5) is 0. The molecule has 0 aliphatic heterocycles. The summed E-state index contributed by atoms with van der Waals surface area (Å²) in [6.45, 7) is 9.16. The molecular weight excluding hydrogens is 324 g/mol. The summed E-state index contributed by atoms with van der Waals surface area (Å²) in [6, 6.07) is 16.8. The molecule has 0 fully saturated rings. The van der Waals surface area contributed by atoms with E-state index in [9.17, 15) is 0 Å². The van der Waals surface area contributed by atoms with Gasteiger partial charge in [0.2, 0.25) is 0 Å². The van der Waals surface area contributed by atoms with Crippen molar-refractivity contribution in [2.24, 2.45) is 0 Å². The predicted octanol–water partition coefficient (Wildman–Crippen LogP) is 5.02. The molecule has 2 rings (SSSR count). The van der Waals surface area contributed by atoms with Gasteiger partial charge in [0.25, 0.3) is 0 Å². The third kappa shape index (κ3) is 5.91. The Labute approximate surface area is 142 Å². The van der Waals surface area contributed by atoms with Crippen LogP contribution >= 0.6 is 0 Å². The first-order chi connectivity index (χ1) is 10.3. The number of nitrogens with one attached hydrogen (secondary N) is 2. The Bertz CT molecular complexity index is 631. The highest BCUT2D eigenvalue weighted by atomic mass is 32.8. The van der Waals surface area contributed by atoms with Crippen molar-refractivity contribution in [3.8, 4) is 0 Å². The van der Waals surface area contributed by atoms with E-state index in [4.69, 9.17) is 11.2 Å². The lowest BCUT2D eigenvalue weighted by Crippen LogP contribution is -2.31. The second kappa shape index (κ2) is 7.40. The SMILES string of the molecule is Cc1ccc(Nc2ccc(NS(=S)C[Si](C)(C)C)cc2)cc1. The van der Waals surface area contributed by atoms with Crippen LogP contribution in [0.1, 0.15) is 5.56 Å². The number of benzene rings is 2. The fourth-order valence-electron chi connectivity index (χ4n) is 1.99. The van der Waals surface area contributed by atoms with E-state index in [2.05, 4.69) is 85.1 Å². The van der Waals surface area contributed by atoms with Crippen molar-refractivity contribution < 1.29 is 0 Å². The number of aryl methyl sites for hydroxylation is 1. The Balaban J connectivity index is 1.95. The fourth-order valence-corrected chi connectivity index (χ4v) is 9.29. The molecule has 2 N–H and O–H groups in total. The van der Waals surface area contributed by atoms with Crippen molar-refractivity contribution in [1.29, 1.82) is 0 Å². The molecule has 2 nitrogen and oxygen atoms in total. The Morgan fingerprint density at radius 1 is 0.864 bits per heavy atom. The van der Waals surface area contributed by atoms with E-state index in [1.165, 1.54) is 5.56 Å². The van der Waals surface area contributed by atoms with E-state index in [1.54, 1.807) is 0 Å². The highest BCUT2D eigenvalue weighted by Crippen LogP contribution is 2.20. The second-order valence-corrected chi connectivity index (χ2v) is 15.1. The fraction of sp³-hybridized carbons (Fsp3) is 0.294. The van der Waals surface area contributed by atoms with E-state index in [0.717, 1.165) is 22.4 Å². The molecule has 2 aromatic rings. The van der Waals surface area contributed by atoms with Crippen LogP contribution in [-0.4, -0.2) is 13.5 Å². The molecule has 0 amide bonds. The van der Waals surface area contributed by atoms with Crippen LogP contribution in [0.15, 0.2) is 48.5 Å². The Morgan fingerprint density at radius 2 is 1.32 bits per heavy atom. The maximum absolute atomic E-state index is 5.55. The lowest BCUT2D eigenvalue weighted by molar-refractivity contribution is 1.45. The molecule has 0 saturated carbocycles. The topological polar surface area (TPSA) is 24.1 Å². The molecule has 0 heterocycles. The lowest BCUT2D eigenvalue weighted by atomic mass is 10.2. The van der Waals surface area contributed by atoms with Crippen molar-refractivity contribution >= 4 is 46.0 Å². The van der Waals surface area contributed by atoms with E-state index in [0.29, 0.717) is 0 Å². The summed E-state index contributed by atoms with van der Waals surface area (Å²) in [5.41, 5.74) is 4.56. The third-order valence-electron chi connectivity index (χ3n) is 3.02. The molecule has 2 aromatic carbocycles. The normalized spacial score (nSPS) is 12.7. The minimum atomic E-state index is -1.11. The van der Waals surface area contributed by atoms with Crippen molar-refractivity contribution in [2.45, 2.75) is 26.6 Å². The van der Waals surface area contributed by atoms with Gasteiger partial charge in [-0.05, 0) is 64.2 Å². The molecule has 0 aromatic heterocycles. The molecule has 0 aliphatic rings. The van der Waals surface area contributed by atoms with Crippen molar-refractivity contribution in [2.75, 3.05) is 15.4 Å². The molecular formula is C17H24N2S2Si. The van der Waals surface area contributed by atoms with Crippen LogP contribution < -0.4 is 10.0 Å². The van der Waals surface area contributed by atoms with Crippen molar-refractivity contribution in [3.05, 3.63) is 54.1 Å². The first-order valence-corrected chi connectivity index (χ1v) is 13.4.